The van der Waals surface area contributed by atoms with Gasteiger partial charge in [0.15, 0.2) is 0 Å². The summed E-state index contributed by atoms with van der Waals surface area (Å²) < 4.78 is 0. The van der Waals surface area contributed by atoms with E-state index in [0.29, 0.717) is 18.7 Å². The second kappa shape index (κ2) is 5.73. The monoisotopic (exact) mass is 248 g/mol. The number of nitro groups is 1. The van der Waals surface area contributed by atoms with Crippen molar-refractivity contribution in [1.29, 1.82) is 0 Å². The first-order valence-electron chi connectivity index (χ1n) is 6.12. The molecule has 1 aliphatic rings. The molecule has 1 aromatic carbocycles. The Labute approximate surface area is 106 Å². The van der Waals surface area contributed by atoms with Crippen molar-refractivity contribution in [2.45, 2.75) is 19.3 Å². The predicted molar refractivity (Wildman–Crippen MR) is 67.5 cm³/mol. The summed E-state index contributed by atoms with van der Waals surface area (Å²) in [4.78, 5) is 23.6. The minimum Gasteiger partial charge on any atom is -0.298 e. The van der Waals surface area contributed by atoms with Gasteiger partial charge in [-0.05, 0) is 24.9 Å². The van der Waals surface area contributed by atoms with Gasteiger partial charge >= 0.3 is 0 Å². The zero-order valence-electron chi connectivity index (χ0n) is 10.2. The van der Waals surface area contributed by atoms with Crippen molar-refractivity contribution < 1.29 is 9.72 Å². The van der Waals surface area contributed by atoms with E-state index < -0.39 is 4.92 Å². The molecular weight excluding hydrogens is 232 g/mol. The molecule has 1 fully saturated rings. The van der Waals surface area contributed by atoms with Gasteiger partial charge in [-0.25, -0.2) is 0 Å². The van der Waals surface area contributed by atoms with E-state index in [1.54, 1.807) is 12.1 Å². The van der Waals surface area contributed by atoms with Gasteiger partial charge in [0.1, 0.15) is 5.78 Å². The highest BCUT2D eigenvalue weighted by Crippen LogP contribution is 2.13. The molecular formula is C13H16N2O3. The van der Waals surface area contributed by atoms with Crippen LogP contribution >= 0.6 is 0 Å². The van der Waals surface area contributed by atoms with Gasteiger partial charge in [0, 0.05) is 25.1 Å². The predicted octanol–water partition coefficient (Wildman–Crippen LogP) is 1.80. The maximum absolute atomic E-state index is 11.3. The second-order valence-corrected chi connectivity index (χ2v) is 4.59. The maximum atomic E-state index is 11.3. The largest absolute Gasteiger partial charge is 0.298 e. The number of benzene rings is 1. The number of non-ortho nitro benzene ring substituents is 1. The highest BCUT2D eigenvalue weighted by atomic mass is 16.6. The van der Waals surface area contributed by atoms with E-state index in [9.17, 15) is 14.9 Å². The number of carbonyl (C=O) groups excluding carboxylic acids is 1. The molecule has 0 aliphatic carbocycles. The minimum atomic E-state index is -0.396. The summed E-state index contributed by atoms with van der Waals surface area (Å²) >= 11 is 0. The summed E-state index contributed by atoms with van der Waals surface area (Å²) in [5, 5.41) is 10.5. The summed E-state index contributed by atoms with van der Waals surface area (Å²) in [6, 6.07) is 6.61. The Bertz CT molecular complexity index is 442. The molecule has 5 nitrogen and oxygen atoms in total. The van der Waals surface area contributed by atoms with E-state index in [-0.39, 0.29) is 5.69 Å². The van der Waals surface area contributed by atoms with Crippen LogP contribution in [0.1, 0.15) is 18.4 Å². The van der Waals surface area contributed by atoms with Crippen LogP contribution in [-0.2, 0) is 11.2 Å². The van der Waals surface area contributed by atoms with Crippen LogP contribution in [0.3, 0.4) is 0 Å². The molecule has 1 saturated heterocycles. The van der Waals surface area contributed by atoms with Crippen molar-refractivity contribution in [2.75, 3.05) is 19.6 Å². The zero-order chi connectivity index (χ0) is 13.0. The third kappa shape index (κ3) is 3.37. The van der Waals surface area contributed by atoms with Crippen LogP contribution in [0.15, 0.2) is 24.3 Å². The van der Waals surface area contributed by atoms with Gasteiger partial charge < -0.3 is 0 Å². The SMILES string of the molecule is O=C1CCCN(CCc2ccc([N+](=O)[O-])cc2)C1. The lowest BCUT2D eigenvalue weighted by atomic mass is 10.1. The Morgan fingerprint density at radius 3 is 2.61 bits per heavy atom. The average Bonchev–Trinajstić information content (AvgIpc) is 2.37. The van der Waals surface area contributed by atoms with Gasteiger partial charge in [0.05, 0.1) is 11.5 Å². The third-order valence-corrected chi connectivity index (χ3v) is 3.19. The van der Waals surface area contributed by atoms with E-state index >= 15 is 0 Å². The van der Waals surface area contributed by atoms with Gasteiger partial charge in [-0.1, -0.05) is 12.1 Å². The molecule has 0 bridgehead atoms. The van der Waals surface area contributed by atoms with E-state index in [0.717, 1.165) is 31.5 Å². The lowest BCUT2D eigenvalue weighted by Gasteiger charge is -2.25. The third-order valence-electron chi connectivity index (χ3n) is 3.19. The Morgan fingerprint density at radius 2 is 2.00 bits per heavy atom. The van der Waals surface area contributed by atoms with Crippen LogP contribution in [0.4, 0.5) is 5.69 Å². The van der Waals surface area contributed by atoms with Crippen LogP contribution in [0, 0.1) is 10.1 Å². The number of Topliss-reactive ketones (excluding diaryl/α,β-unsaturated/α-hetero) is 1. The standard InChI is InChI=1S/C13H16N2O3/c16-13-2-1-8-14(10-13)9-7-11-3-5-12(6-4-11)15(17)18/h3-6H,1-2,7-10H2. The number of hydrogen-bond acceptors (Lipinski definition) is 4. The molecule has 96 valence electrons. The quantitative estimate of drug-likeness (QED) is 0.602. The number of piperidine rings is 1. The van der Waals surface area contributed by atoms with Crippen molar-refractivity contribution in [3.05, 3.63) is 39.9 Å². The molecule has 1 heterocycles. The molecule has 1 aliphatic heterocycles. The Hall–Kier alpha value is -1.75. The van der Waals surface area contributed by atoms with Crippen molar-refractivity contribution in [3.63, 3.8) is 0 Å². The molecule has 0 radical (unpaired) electrons. The second-order valence-electron chi connectivity index (χ2n) is 4.59. The van der Waals surface area contributed by atoms with E-state index in [2.05, 4.69) is 4.90 Å². The molecule has 1 aromatic rings. The zero-order valence-corrected chi connectivity index (χ0v) is 10.2. The Balaban J connectivity index is 1.86. The Kier molecular flexibility index (Phi) is 4.04. The van der Waals surface area contributed by atoms with Crippen molar-refractivity contribution in [2.24, 2.45) is 0 Å². The molecule has 0 unspecified atom stereocenters. The summed E-state index contributed by atoms with van der Waals surface area (Å²) in [6.07, 6.45) is 2.47. The van der Waals surface area contributed by atoms with E-state index in [4.69, 9.17) is 0 Å². The smallest absolute Gasteiger partial charge is 0.269 e. The molecule has 2 rings (SSSR count). The van der Waals surface area contributed by atoms with Crippen LogP contribution in [0.25, 0.3) is 0 Å². The van der Waals surface area contributed by atoms with Crippen LogP contribution in [0.5, 0.6) is 0 Å². The fraction of sp³-hybridized carbons (Fsp3) is 0.462. The highest BCUT2D eigenvalue weighted by Gasteiger charge is 2.16. The average molecular weight is 248 g/mol. The van der Waals surface area contributed by atoms with Crippen molar-refractivity contribution in [1.82, 2.24) is 4.90 Å². The lowest BCUT2D eigenvalue weighted by Crippen LogP contribution is -2.36. The molecule has 0 N–H and O–H groups in total. The number of nitro benzene ring substituents is 1. The van der Waals surface area contributed by atoms with E-state index in [1.807, 2.05) is 0 Å². The first-order valence-corrected chi connectivity index (χ1v) is 6.12. The molecule has 5 heteroatoms. The first-order chi connectivity index (χ1) is 8.65. The van der Waals surface area contributed by atoms with Gasteiger partial charge in [-0.3, -0.25) is 19.8 Å². The number of likely N-dealkylation sites (tertiary alicyclic amines) is 1. The fourth-order valence-electron chi connectivity index (χ4n) is 2.17. The highest BCUT2D eigenvalue weighted by molar-refractivity contribution is 5.81. The van der Waals surface area contributed by atoms with E-state index in [1.165, 1.54) is 12.1 Å². The topological polar surface area (TPSA) is 63.5 Å². The van der Waals surface area contributed by atoms with Crippen molar-refractivity contribution >= 4 is 11.5 Å². The lowest BCUT2D eigenvalue weighted by molar-refractivity contribution is -0.384. The molecule has 18 heavy (non-hydrogen) atoms. The fourth-order valence-corrected chi connectivity index (χ4v) is 2.17. The normalized spacial score (nSPS) is 16.8. The van der Waals surface area contributed by atoms with Gasteiger partial charge in [-0.2, -0.15) is 0 Å². The van der Waals surface area contributed by atoms with Crippen LogP contribution < -0.4 is 0 Å². The van der Waals surface area contributed by atoms with Gasteiger partial charge in [0.2, 0.25) is 0 Å². The number of hydrogen-bond donors (Lipinski definition) is 0. The summed E-state index contributed by atoms with van der Waals surface area (Å²) in [5.74, 6) is 0.310. The molecule has 0 spiro atoms. The molecule has 0 amide bonds. The number of nitrogens with zero attached hydrogens (tertiary/aromatic N) is 2. The van der Waals surface area contributed by atoms with Gasteiger partial charge in [-0.15, -0.1) is 0 Å². The number of rotatable bonds is 4. The number of carbonyl (C=O) groups is 1. The molecule has 0 saturated carbocycles. The number of ketones is 1. The summed E-state index contributed by atoms with van der Waals surface area (Å²) in [6.45, 7) is 2.36. The first kappa shape index (κ1) is 12.7. The molecule has 0 aromatic heterocycles. The van der Waals surface area contributed by atoms with Crippen molar-refractivity contribution in [3.8, 4) is 0 Å². The minimum absolute atomic E-state index is 0.118. The molecule has 0 atom stereocenters. The maximum Gasteiger partial charge on any atom is 0.269 e. The van der Waals surface area contributed by atoms with Crippen LogP contribution in [-0.4, -0.2) is 35.2 Å². The summed E-state index contributed by atoms with van der Waals surface area (Å²) in [7, 11) is 0. The Morgan fingerprint density at radius 1 is 1.28 bits per heavy atom. The van der Waals surface area contributed by atoms with Gasteiger partial charge in [0.25, 0.3) is 5.69 Å². The van der Waals surface area contributed by atoms with Crippen LogP contribution in [0.2, 0.25) is 0 Å². The summed E-state index contributed by atoms with van der Waals surface area (Å²) in [5.41, 5.74) is 1.19.